The Labute approximate surface area is 117 Å². The van der Waals surface area contributed by atoms with Gasteiger partial charge >= 0.3 is 6.03 Å². The SMILES string of the molecule is Cc1cccc(CNC(=O)NCCc2cccs2)c1. The lowest BCUT2D eigenvalue weighted by molar-refractivity contribution is 0.240. The van der Waals surface area contributed by atoms with Crippen LogP contribution >= 0.6 is 11.3 Å². The minimum atomic E-state index is -0.113. The molecule has 4 heteroatoms. The summed E-state index contributed by atoms with van der Waals surface area (Å²) in [5, 5.41) is 7.77. The molecule has 2 amide bonds. The summed E-state index contributed by atoms with van der Waals surface area (Å²) in [5.41, 5.74) is 2.32. The summed E-state index contributed by atoms with van der Waals surface area (Å²) in [4.78, 5) is 12.9. The van der Waals surface area contributed by atoms with Gasteiger partial charge in [0.1, 0.15) is 0 Å². The lowest BCUT2D eigenvalue weighted by Gasteiger charge is -2.07. The number of carbonyl (C=O) groups excluding carboxylic acids is 1. The maximum absolute atomic E-state index is 11.6. The van der Waals surface area contributed by atoms with Crippen molar-refractivity contribution < 1.29 is 4.79 Å². The quantitative estimate of drug-likeness (QED) is 0.864. The Morgan fingerprint density at radius 2 is 2.11 bits per heavy atom. The molecule has 0 fully saturated rings. The molecule has 19 heavy (non-hydrogen) atoms. The summed E-state index contributed by atoms with van der Waals surface area (Å²) >= 11 is 1.71. The molecular weight excluding hydrogens is 256 g/mol. The highest BCUT2D eigenvalue weighted by Crippen LogP contribution is 2.08. The molecule has 1 aromatic carbocycles. The average molecular weight is 274 g/mol. The van der Waals surface area contributed by atoms with Crippen molar-refractivity contribution in [1.82, 2.24) is 10.6 Å². The molecule has 1 heterocycles. The zero-order valence-corrected chi connectivity index (χ0v) is 11.8. The lowest BCUT2D eigenvalue weighted by Crippen LogP contribution is -2.36. The second-order valence-corrected chi connectivity index (χ2v) is 5.46. The van der Waals surface area contributed by atoms with Crippen molar-refractivity contribution in [2.45, 2.75) is 19.9 Å². The minimum Gasteiger partial charge on any atom is -0.338 e. The highest BCUT2D eigenvalue weighted by molar-refractivity contribution is 7.09. The van der Waals surface area contributed by atoms with Gasteiger partial charge in [0.2, 0.25) is 0 Å². The Kier molecular flexibility index (Phi) is 4.98. The van der Waals surface area contributed by atoms with Crippen LogP contribution in [0.2, 0.25) is 0 Å². The van der Waals surface area contributed by atoms with Gasteiger partial charge in [0.25, 0.3) is 0 Å². The highest BCUT2D eigenvalue weighted by Gasteiger charge is 2.00. The molecule has 2 rings (SSSR count). The van der Waals surface area contributed by atoms with Crippen LogP contribution in [0.5, 0.6) is 0 Å². The first-order valence-corrected chi connectivity index (χ1v) is 7.21. The number of urea groups is 1. The maximum atomic E-state index is 11.6. The molecule has 2 N–H and O–H groups in total. The number of hydrogen-bond donors (Lipinski definition) is 2. The van der Waals surface area contributed by atoms with Crippen LogP contribution in [-0.2, 0) is 13.0 Å². The standard InChI is InChI=1S/C15H18N2OS/c1-12-4-2-5-13(10-12)11-17-15(18)16-8-7-14-6-3-9-19-14/h2-6,9-10H,7-8,11H2,1H3,(H2,16,17,18). The molecule has 0 spiro atoms. The van der Waals surface area contributed by atoms with Crippen molar-refractivity contribution in [3.05, 3.63) is 57.8 Å². The number of aryl methyl sites for hydroxylation is 1. The molecule has 0 atom stereocenters. The van der Waals surface area contributed by atoms with Gasteiger partial charge < -0.3 is 10.6 Å². The predicted octanol–water partition coefficient (Wildman–Crippen LogP) is 3.10. The van der Waals surface area contributed by atoms with Crippen molar-refractivity contribution in [3.8, 4) is 0 Å². The molecule has 0 aliphatic carbocycles. The van der Waals surface area contributed by atoms with Gasteiger partial charge in [0.05, 0.1) is 0 Å². The van der Waals surface area contributed by atoms with E-state index in [1.54, 1.807) is 11.3 Å². The van der Waals surface area contributed by atoms with Crippen molar-refractivity contribution >= 4 is 17.4 Å². The smallest absolute Gasteiger partial charge is 0.315 e. The first-order chi connectivity index (χ1) is 9.24. The van der Waals surface area contributed by atoms with Gasteiger partial charge in [-0.25, -0.2) is 4.79 Å². The van der Waals surface area contributed by atoms with Crippen LogP contribution < -0.4 is 10.6 Å². The summed E-state index contributed by atoms with van der Waals surface area (Å²) in [6, 6.07) is 12.1. The van der Waals surface area contributed by atoms with Crippen LogP contribution in [0, 0.1) is 6.92 Å². The largest absolute Gasteiger partial charge is 0.338 e. The molecule has 0 saturated heterocycles. The highest BCUT2D eigenvalue weighted by atomic mass is 32.1. The van der Waals surface area contributed by atoms with Crippen molar-refractivity contribution in [1.29, 1.82) is 0 Å². The molecule has 1 aromatic heterocycles. The van der Waals surface area contributed by atoms with Crippen LogP contribution in [0.1, 0.15) is 16.0 Å². The van der Waals surface area contributed by atoms with Gasteiger partial charge in [0.15, 0.2) is 0 Å². The molecule has 0 aliphatic heterocycles. The van der Waals surface area contributed by atoms with Crippen molar-refractivity contribution in [2.24, 2.45) is 0 Å². The van der Waals surface area contributed by atoms with E-state index in [2.05, 4.69) is 22.8 Å². The zero-order chi connectivity index (χ0) is 13.5. The summed E-state index contributed by atoms with van der Waals surface area (Å²) in [5.74, 6) is 0. The van der Waals surface area contributed by atoms with E-state index in [4.69, 9.17) is 0 Å². The predicted molar refractivity (Wildman–Crippen MR) is 79.4 cm³/mol. The first kappa shape index (κ1) is 13.6. The third kappa shape index (κ3) is 4.75. The van der Waals surface area contributed by atoms with Crippen LogP contribution in [0.4, 0.5) is 4.79 Å². The van der Waals surface area contributed by atoms with E-state index in [0.717, 1.165) is 12.0 Å². The van der Waals surface area contributed by atoms with E-state index >= 15 is 0 Å². The number of carbonyl (C=O) groups is 1. The maximum Gasteiger partial charge on any atom is 0.315 e. The number of amides is 2. The number of thiophene rings is 1. The number of rotatable bonds is 5. The van der Waals surface area contributed by atoms with Gasteiger partial charge in [-0.3, -0.25) is 0 Å². The van der Waals surface area contributed by atoms with Crippen LogP contribution in [0.3, 0.4) is 0 Å². The fourth-order valence-corrected chi connectivity index (χ4v) is 2.53. The third-order valence-corrected chi connectivity index (χ3v) is 3.71. The monoisotopic (exact) mass is 274 g/mol. The molecule has 0 unspecified atom stereocenters. The number of hydrogen-bond acceptors (Lipinski definition) is 2. The van der Waals surface area contributed by atoms with Crippen molar-refractivity contribution in [2.75, 3.05) is 6.54 Å². The van der Waals surface area contributed by atoms with E-state index < -0.39 is 0 Å². The summed E-state index contributed by atoms with van der Waals surface area (Å²) in [7, 11) is 0. The molecule has 0 aliphatic rings. The average Bonchev–Trinajstić information content (AvgIpc) is 2.90. The Morgan fingerprint density at radius 3 is 2.84 bits per heavy atom. The molecule has 0 bridgehead atoms. The molecule has 100 valence electrons. The van der Waals surface area contributed by atoms with Crippen LogP contribution in [0.15, 0.2) is 41.8 Å². The Bertz CT molecular complexity index is 523. The van der Waals surface area contributed by atoms with Gasteiger partial charge in [-0.1, -0.05) is 35.9 Å². The van der Waals surface area contributed by atoms with Gasteiger partial charge in [-0.05, 0) is 30.4 Å². The van der Waals surface area contributed by atoms with E-state index in [1.165, 1.54) is 10.4 Å². The summed E-state index contributed by atoms with van der Waals surface area (Å²) < 4.78 is 0. The molecule has 0 saturated carbocycles. The zero-order valence-electron chi connectivity index (χ0n) is 11.0. The fraction of sp³-hybridized carbons (Fsp3) is 0.267. The summed E-state index contributed by atoms with van der Waals surface area (Å²) in [6.45, 7) is 3.28. The van der Waals surface area contributed by atoms with E-state index in [0.29, 0.717) is 13.1 Å². The normalized spacial score (nSPS) is 10.2. The van der Waals surface area contributed by atoms with Crippen LogP contribution in [0.25, 0.3) is 0 Å². The Hall–Kier alpha value is -1.81. The van der Waals surface area contributed by atoms with E-state index in [-0.39, 0.29) is 6.03 Å². The summed E-state index contributed by atoms with van der Waals surface area (Å²) in [6.07, 6.45) is 0.884. The van der Waals surface area contributed by atoms with Gasteiger partial charge in [-0.2, -0.15) is 0 Å². The van der Waals surface area contributed by atoms with Gasteiger partial charge in [0, 0.05) is 18.0 Å². The van der Waals surface area contributed by atoms with Crippen molar-refractivity contribution in [3.63, 3.8) is 0 Å². The topological polar surface area (TPSA) is 41.1 Å². The minimum absolute atomic E-state index is 0.113. The number of nitrogens with one attached hydrogen (secondary N) is 2. The molecular formula is C15H18N2OS. The van der Waals surface area contributed by atoms with Crippen LogP contribution in [-0.4, -0.2) is 12.6 Å². The van der Waals surface area contributed by atoms with E-state index in [9.17, 15) is 4.79 Å². The second kappa shape index (κ2) is 6.95. The number of benzene rings is 1. The second-order valence-electron chi connectivity index (χ2n) is 4.43. The third-order valence-electron chi connectivity index (χ3n) is 2.77. The molecule has 2 aromatic rings. The first-order valence-electron chi connectivity index (χ1n) is 6.33. The lowest BCUT2D eigenvalue weighted by atomic mass is 10.1. The molecule has 3 nitrogen and oxygen atoms in total. The fourth-order valence-electron chi connectivity index (χ4n) is 1.82. The molecule has 0 radical (unpaired) electrons. The Morgan fingerprint density at radius 1 is 1.21 bits per heavy atom. The Balaban J connectivity index is 1.67. The van der Waals surface area contributed by atoms with Gasteiger partial charge in [-0.15, -0.1) is 11.3 Å². The van der Waals surface area contributed by atoms with E-state index in [1.807, 2.05) is 36.6 Å².